The van der Waals surface area contributed by atoms with E-state index in [4.69, 9.17) is 4.74 Å². The first-order valence-electron chi connectivity index (χ1n) is 11.8. The topological polar surface area (TPSA) is 41.6 Å². The summed E-state index contributed by atoms with van der Waals surface area (Å²) in [6.07, 6.45) is -4.50. The first-order chi connectivity index (χ1) is 17.8. The number of ether oxygens (including phenoxy) is 1. The molecule has 0 spiro atoms. The van der Waals surface area contributed by atoms with E-state index >= 15 is 0 Å². The van der Waals surface area contributed by atoms with Gasteiger partial charge in [-0.15, -0.1) is 0 Å². The number of hydrogen-bond donors (Lipinski definition) is 1. The van der Waals surface area contributed by atoms with Gasteiger partial charge < -0.3 is 15.0 Å². The lowest BCUT2D eigenvalue weighted by Crippen LogP contribution is -2.36. The quantitative estimate of drug-likeness (QED) is 0.264. The lowest BCUT2D eigenvalue weighted by Gasteiger charge is -2.30. The minimum atomic E-state index is -4.50. The molecule has 4 nitrogen and oxygen atoms in total. The predicted molar refractivity (Wildman–Crippen MR) is 138 cm³/mol. The summed E-state index contributed by atoms with van der Waals surface area (Å²) >= 11 is 0. The Balaban J connectivity index is 1.55. The van der Waals surface area contributed by atoms with E-state index in [1.165, 1.54) is 12.1 Å². The Morgan fingerprint density at radius 1 is 0.838 bits per heavy atom. The van der Waals surface area contributed by atoms with Crippen LogP contribution in [-0.2, 0) is 19.3 Å². The molecule has 0 aromatic heterocycles. The molecule has 4 aromatic rings. The molecule has 1 atom stereocenters. The molecule has 0 bridgehead atoms. The van der Waals surface area contributed by atoms with Gasteiger partial charge in [0, 0.05) is 12.2 Å². The molecule has 0 saturated heterocycles. The Kier molecular flexibility index (Phi) is 8.13. The van der Waals surface area contributed by atoms with E-state index < -0.39 is 17.8 Å². The molecule has 37 heavy (non-hydrogen) atoms. The number of halogens is 3. The Labute approximate surface area is 214 Å². The van der Waals surface area contributed by atoms with Gasteiger partial charge in [-0.1, -0.05) is 78.9 Å². The van der Waals surface area contributed by atoms with E-state index in [0.717, 1.165) is 28.8 Å². The molecule has 0 aliphatic carbocycles. The molecule has 0 aliphatic heterocycles. The summed E-state index contributed by atoms with van der Waals surface area (Å²) in [5.41, 5.74) is 2.01. The number of nitrogens with zero attached hydrogens (tertiary/aromatic N) is 1. The Hall–Kier alpha value is -4.26. The van der Waals surface area contributed by atoms with Crippen LogP contribution in [0.3, 0.4) is 0 Å². The highest BCUT2D eigenvalue weighted by molar-refractivity contribution is 5.89. The van der Waals surface area contributed by atoms with Gasteiger partial charge >= 0.3 is 12.2 Å². The maximum Gasteiger partial charge on any atom is 0.416 e. The zero-order valence-corrected chi connectivity index (χ0v) is 20.3. The summed E-state index contributed by atoms with van der Waals surface area (Å²) in [5.74, 6) is 0.659. The third kappa shape index (κ3) is 7.13. The van der Waals surface area contributed by atoms with Crippen molar-refractivity contribution < 1.29 is 22.7 Å². The molecule has 1 N–H and O–H groups in total. The van der Waals surface area contributed by atoms with Crippen molar-refractivity contribution in [2.45, 2.75) is 32.3 Å². The molecule has 0 heterocycles. The fourth-order valence-electron chi connectivity index (χ4n) is 3.94. The lowest BCUT2D eigenvalue weighted by molar-refractivity contribution is -0.137. The average molecular weight is 505 g/mol. The third-order valence-electron chi connectivity index (χ3n) is 5.95. The van der Waals surface area contributed by atoms with Gasteiger partial charge in [-0.2, -0.15) is 13.2 Å². The van der Waals surface area contributed by atoms with Crippen molar-refractivity contribution in [3.8, 4) is 5.75 Å². The van der Waals surface area contributed by atoms with Crippen LogP contribution in [-0.4, -0.2) is 10.9 Å². The number of carbonyl (C=O) groups excluding carboxylic acids is 1. The molecular weight excluding hydrogens is 477 g/mol. The number of rotatable bonds is 8. The molecule has 0 saturated carbocycles. The van der Waals surface area contributed by atoms with E-state index in [9.17, 15) is 18.0 Å². The van der Waals surface area contributed by atoms with Crippen molar-refractivity contribution in [1.82, 2.24) is 4.90 Å². The second-order valence-corrected chi connectivity index (χ2v) is 8.64. The van der Waals surface area contributed by atoms with Crippen LogP contribution in [0.25, 0.3) is 0 Å². The lowest BCUT2D eigenvalue weighted by atomic mass is 10.1. The molecular formula is C30H27F3N2O2. The minimum absolute atomic E-state index is 0.0741. The number of amides is 2. The van der Waals surface area contributed by atoms with Crippen molar-refractivity contribution in [1.29, 1.82) is 0 Å². The van der Waals surface area contributed by atoms with E-state index in [1.54, 1.807) is 4.90 Å². The summed E-state index contributed by atoms with van der Waals surface area (Å²) in [7, 11) is 0. The normalized spacial score (nSPS) is 12.0. The van der Waals surface area contributed by atoms with Crippen LogP contribution in [0.2, 0.25) is 0 Å². The van der Waals surface area contributed by atoms with E-state index in [1.807, 2.05) is 91.9 Å². The maximum absolute atomic E-state index is 13.4. The van der Waals surface area contributed by atoms with E-state index in [-0.39, 0.29) is 18.3 Å². The second-order valence-electron chi connectivity index (χ2n) is 8.64. The fraction of sp³-hybridized carbons (Fsp3) is 0.167. The van der Waals surface area contributed by atoms with E-state index in [2.05, 4.69) is 5.32 Å². The van der Waals surface area contributed by atoms with Crippen LogP contribution in [0.5, 0.6) is 5.75 Å². The average Bonchev–Trinajstić information content (AvgIpc) is 2.91. The van der Waals surface area contributed by atoms with Crippen molar-refractivity contribution >= 4 is 11.7 Å². The number of urea groups is 1. The van der Waals surface area contributed by atoms with Crippen LogP contribution >= 0.6 is 0 Å². The van der Waals surface area contributed by atoms with Crippen molar-refractivity contribution in [3.05, 3.63) is 131 Å². The summed E-state index contributed by atoms with van der Waals surface area (Å²) < 4.78 is 45.5. The summed E-state index contributed by atoms with van der Waals surface area (Å²) in [6.45, 7) is 2.52. The largest absolute Gasteiger partial charge is 0.489 e. The van der Waals surface area contributed by atoms with Gasteiger partial charge in [0.25, 0.3) is 0 Å². The minimum Gasteiger partial charge on any atom is -0.489 e. The molecule has 0 fully saturated rings. The summed E-state index contributed by atoms with van der Waals surface area (Å²) in [6, 6.07) is 30.5. The van der Waals surface area contributed by atoms with Gasteiger partial charge in [0.1, 0.15) is 12.4 Å². The van der Waals surface area contributed by atoms with Crippen molar-refractivity contribution in [2.75, 3.05) is 5.32 Å². The number of nitrogens with one attached hydrogen (secondary N) is 1. The van der Waals surface area contributed by atoms with Gasteiger partial charge in [0.2, 0.25) is 0 Å². The highest BCUT2D eigenvalue weighted by Gasteiger charge is 2.31. The number of alkyl halides is 3. The Morgan fingerprint density at radius 2 is 1.49 bits per heavy atom. The van der Waals surface area contributed by atoms with E-state index in [0.29, 0.717) is 12.4 Å². The summed E-state index contributed by atoms with van der Waals surface area (Å²) in [4.78, 5) is 15.0. The Morgan fingerprint density at radius 3 is 2.19 bits per heavy atom. The first-order valence-corrected chi connectivity index (χ1v) is 11.8. The second kappa shape index (κ2) is 11.6. The van der Waals surface area contributed by atoms with Crippen molar-refractivity contribution in [3.63, 3.8) is 0 Å². The molecule has 7 heteroatoms. The predicted octanol–water partition coefficient (Wildman–Crippen LogP) is 8.08. The van der Waals surface area contributed by atoms with Crippen LogP contribution in [0, 0.1) is 0 Å². The maximum atomic E-state index is 13.4. The van der Waals surface area contributed by atoms with Crippen LogP contribution in [0.1, 0.15) is 35.2 Å². The SMILES string of the molecule is CC(c1ccccc1)N(Cc1cccc(OCc2ccccc2)c1)C(=O)Nc1cccc(C(F)(F)F)c1. The van der Waals surface area contributed by atoms with Gasteiger partial charge in [-0.05, 0) is 53.9 Å². The van der Waals surface area contributed by atoms with Gasteiger partial charge in [0.15, 0.2) is 0 Å². The monoisotopic (exact) mass is 504 g/mol. The zero-order valence-electron chi connectivity index (χ0n) is 20.3. The van der Waals surface area contributed by atoms with Gasteiger partial charge in [-0.3, -0.25) is 0 Å². The standard InChI is InChI=1S/C30H27F3N2O2/c1-22(25-13-6-3-7-14-25)35(29(36)34-27-16-9-15-26(19-27)30(31,32)33)20-24-12-8-17-28(18-24)37-21-23-10-4-2-5-11-23/h2-19,22H,20-21H2,1H3,(H,34,36). The zero-order chi connectivity index (χ0) is 26.3. The van der Waals surface area contributed by atoms with Crippen LogP contribution in [0.4, 0.5) is 23.7 Å². The molecule has 2 amide bonds. The molecule has 0 radical (unpaired) electrons. The molecule has 190 valence electrons. The summed E-state index contributed by atoms with van der Waals surface area (Å²) in [5, 5.41) is 2.64. The smallest absolute Gasteiger partial charge is 0.416 e. The van der Waals surface area contributed by atoms with Crippen molar-refractivity contribution in [2.24, 2.45) is 0 Å². The number of carbonyl (C=O) groups is 1. The first kappa shape index (κ1) is 25.8. The third-order valence-corrected chi connectivity index (χ3v) is 5.95. The fourth-order valence-corrected chi connectivity index (χ4v) is 3.94. The highest BCUT2D eigenvalue weighted by atomic mass is 19.4. The number of anilines is 1. The van der Waals surface area contributed by atoms with Gasteiger partial charge in [-0.25, -0.2) is 4.79 Å². The molecule has 1 unspecified atom stereocenters. The highest BCUT2D eigenvalue weighted by Crippen LogP contribution is 2.31. The Bertz CT molecular complexity index is 1310. The van der Waals surface area contributed by atoms with Gasteiger partial charge in [0.05, 0.1) is 11.6 Å². The number of hydrogen-bond acceptors (Lipinski definition) is 2. The number of benzene rings is 4. The molecule has 4 aromatic carbocycles. The van der Waals surface area contributed by atoms with Crippen LogP contribution < -0.4 is 10.1 Å². The van der Waals surface area contributed by atoms with Crippen LogP contribution in [0.15, 0.2) is 109 Å². The molecule has 4 rings (SSSR count). The molecule has 0 aliphatic rings.